The van der Waals surface area contributed by atoms with Gasteiger partial charge in [0.05, 0.1) is 0 Å². The van der Waals surface area contributed by atoms with Crippen LogP contribution in [0.5, 0.6) is 0 Å². The molecule has 1 aliphatic rings. The second-order valence-electron chi connectivity index (χ2n) is 4.15. The molecule has 1 rings (SSSR count). The van der Waals surface area contributed by atoms with E-state index in [9.17, 15) is 0 Å². The van der Waals surface area contributed by atoms with Gasteiger partial charge in [-0.05, 0) is 0 Å². The maximum atomic E-state index is 2.36. The third kappa shape index (κ3) is 3.84. The van der Waals surface area contributed by atoms with Crippen molar-refractivity contribution < 1.29 is 21.2 Å². The second kappa shape index (κ2) is 5.18. The van der Waals surface area contributed by atoms with Gasteiger partial charge in [-0.1, -0.05) is 0 Å². The van der Waals surface area contributed by atoms with E-state index in [0.29, 0.717) is 21.2 Å². The van der Waals surface area contributed by atoms with Crippen molar-refractivity contribution >= 4 is 0 Å². The number of rotatable bonds is 3. The SMILES string of the molecule is CC1=CC=C(C)C(C[I-]C(C)C)C1. The molecule has 1 atom stereocenters. The van der Waals surface area contributed by atoms with E-state index < -0.39 is 0 Å². The molecule has 0 heterocycles. The van der Waals surface area contributed by atoms with Gasteiger partial charge in [-0.2, -0.15) is 0 Å². The summed E-state index contributed by atoms with van der Waals surface area (Å²) in [5.74, 6) is 0.875. The predicted octanol–water partition coefficient (Wildman–Crippen LogP) is 0.396. The van der Waals surface area contributed by atoms with Gasteiger partial charge < -0.3 is 0 Å². The van der Waals surface area contributed by atoms with Crippen molar-refractivity contribution in [2.75, 3.05) is 4.43 Å². The standard InChI is InChI=1S/C12H20I/c1-9(2)13-8-12-7-10(3)5-6-11(12)4/h5-6,9,12H,7-8H2,1-4H3/q-1. The molecule has 0 saturated carbocycles. The summed E-state index contributed by atoms with van der Waals surface area (Å²) in [6.07, 6.45) is 5.90. The average Bonchev–Trinajstić information content (AvgIpc) is 2.06. The summed E-state index contributed by atoms with van der Waals surface area (Å²) < 4.78 is 2.43. The zero-order valence-electron chi connectivity index (χ0n) is 9.10. The Hall–Kier alpha value is 0.210. The van der Waals surface area contributed by atoms with Crippen molar-refractivity contribution in [2.45, 2.75) is 38.0 Å². The fourth-order valence-electron chi connectivity index (χ4n) is 1.49. The summed E-state index contributed by atoms with van der Waals surface area (Å²) in [6.45, 7) is 9.26. The Morgan fingerprint density at radius 1 is 1.38 bits per heavy atom. The minimum absolute atomic E-state index is 0.425. The first-order valence-electron chi connectivity index (χ1n) is 5.01. The zero-order valence-corrected chi connectivity index (χ0v) is 11.3. The van der Waals surface area contributed by atoms with E-state index >= 15 is 0 Å². The fourth-order valence-corrected chi connectivity index (χ4v) is 4.13. The Kier molecular flexibility index (Phi) is 4.50. The third-order valence-corrected chi connectivity index (χ3v) is 5.76. The van der Waals surface area contributed by atoms with Gasteiger partial charge in [-0.25, -0.2) is 0 Å². The summed E-state index contributed by atoms with van der Waals surface area (Å²) in [5.41, 5.74) is 3.16. The molecular formula is C12H20I-. The molecule has 0 bridgehead atoms. The number of hydrogen-bond acceptors (Lipinski definition) is 0. The molecule has 1 heteroatoms. The molecule has 0 radical (unpaired) electrons. The van der Waals surface area contributed by atoms with Crippen LogP contribution in [-0.2, 0) is 0 Å². The van der Waals surface area contributed by atoms with Crippen molar-refractivity contribution in [3.05, 3.63) is 23.3 Å². The second-order valence-corrected chi connectivity index (χ2v) is 8.40. The van der Waals surface area contributed by atoms with Gasteiger partial charge in [0.1, 0.15) is 0 Å². The van der Waals surface area contributed by atoms with E-state index in [1.807, 2.05) is 0 Å². The Labute approximate surface area is 92.8 Å². The van der Waals surface area contributed by atoms with Crippen LogP contribution < -0.4 is 21.2 Å². The van der Waals surface area contributed by atoms with E-state index in [-0.39, 0.29) is 0 Å². The zero-order chi connectivity index (χ0) is 9.84. The van der Waals surface area contributed by atoms with Crippen LogP contribution in [0.2, 0.25) is 0 Å². The molecule has 0 amide bonds. The molecule has 13 heavy (non-hydrogen) atoms. The van der Waals surface area contributed by atoms with Gasteiger partial charge in [-0.15, -0.1) is 0 Å². The fraction of sp³-hybridized carbons (Fsp3) is 0.667. The summed E-state index contributed by atoms with van der Waals surface area (Å²) in [6, 6.07) is 0. The molecule has 1 aliphatic carbocycles. The van der Waals surface area contributed by atoms with Gasteiger partial charge >= 0.3 is 92.9 Å². The van der Waals surface area contributed by atoms with Gasteiger partial charge in [0, 0.05) is 0 Å². The van der Waals surface area contributed by atoms with Gasteiger partial charge in [0.25, 0.3) is 0 Å². The molecule has 0 aromatic rings. The first-order chi connectivity index (χ1) is 6.09. The summed E-state index contributed by atoms with van der Waals surface area (Å²) in [7, 11) is 0. The molecule has 0 spiro atoms. The Morgan fingerprint density at radius 3 is 2.69 bits per heavy atom. The molecule has 76 valence electrons. The number of halogens is 1. The minimum atomic E-state index is 0.425. The molecule has 0 aromatic carbocycles. The number of allylic oxidation sites excluding steroid dienone is 4. The van der Waals surface area contributed by atoms with Crippen LogP contribution in [-0.4, -0.2) is 8.35 Å². The Balaban J connectivity index is 2.44. The molecular weight excluding hydrogens is 271 g/mol. The first-order valence-corrected chi connectivity index (χ1v) is 7.78. The molecule has 0 fully saturated rings. The molecule has 0 aromatic heterocycles. The number of alkyl halides is 2. The summed E-state index contributed by atoms with van der Waals surface area (Å²) in [4.78, 5) is 0. The third-order valence-electron chi connectivity index (χ3n) is 2.43. The van der Waals surface area contributed by atoms with Crippen LogP contribution in [0.25, 0.3) is 0 Å². The Bertz CT molecular complexity index is 223. The van der Waals surface area contributed by atoms with E-state index in [0.717, 1.165) is 9.84 Å². The van der Waals surface area contributed by atoms with E-state index in [1.54, 1.807) is 11.1 Å². The van der Waals surface area contributed by atoms with Crippen LogP contribution in [0.15, 0.2) is 23.3 Å². The quantitative estimate of drug-likeness (QED) is 0.521. The summed E-state index contributed by atoms with van der Waals surface area (Å²) in [5, 5.41) is 0. The van der Waals surface area contributed by atoms with Crippen LogP contribution in [0.1, 0.15) is 34.1 Å². The van der Waals surface area contributed by atoms with Gasteiger partial charge in [0.2, 0.25) is 0 Å². The van der Waals surface area contributed by atoms with E-state index in [4.69, 9.17) is 0 Å². The van der Waals surface area contributed by atoms with Crippen molar-refractivity contribution in [3.63, 3.8) is 0 Å². The van der Waals surface area contributed by atoms with Crippen molar-refractivity contribution in [2.24, 2.45) is 5.92 Å². The molecule has 0 saturated heterocycles. The topological polar surface area (TPSA) is 0 Å². The first kappa shape index (κ1) is 11.3. The summed E-state index contributed by atoms with van der Waals surface area (Å²) >= 11 is 0.425. The van der Waals surface area contributed by atoms with Crippen LogP contribution in [0, 0.1) is 5.92 Å². The van der Waals surface area contributed by atoms with E-state index in [1.165, 1.54) is 10.8 Å². The van der Waals surface area contributed by atoms with E-state index in [2.05, 4.69) is 39.8 Å². The van der Waals surface area contributed by atoms with Crippen LogP contribution in [0.3, 0.4) is 0 Å². The maximum absolute atomic E-state index is 2.36. The molecule has 1 unspecified atom stereocenters. The van der Waals surface area contributed by atoms with Crippen molar-refractivity contribution in [3.8, 4) is 0 Å². The number of hydrogen-bond donors (Lipinski definition) is 0. The Morgan fingerprint density at radius 2 is 2.08 bits per heavy atom. The molecule has 0 nitrogen and oxygen atoms in total. The normalized spacial score (nSPS) is 23.3. The average molecular weight is 291 g/mol. The van der Waals surface area contributed by atoms with Crippen molar-refractivity contribution in [1.29, 1.82) is 0 Å². The van der Waals surface area contributed by atoms with Crippen molar-refractivity contribution in [1.82, 2.24) is 0 Å². The monoisotopic (exact) mass is 291 g/mol. The van der Waals surface area contributed by atoms with Crippen LogP contribution >= 0.6 is 0 Å². The van der Waals surface area contributed by atoms with Gasteiger partial charge in [-0.3, -0.25) is 0 Å². The van der Waals surface area contributed by atoms with Gasteiger partial charge in [0.15, 0.2) is 0 Å². The van der Waals surface area contributed by atoms with Crippen LogP contribution in [0.4, 0.5) is 0 Å². The predicted molar refractivity (Wildman–Crippen MR) is 55.6 cm³/mol. The molecule has 0 aliphatic heterocycles. The molecule has 0 N–H and O–H groups in total.